The molecule has 12 atom stereocenters. The molecule has 252 valence electrons. The van der Waals surface area contributed by atoms with Gasteiger partial charge in [0, 0.05) is 16.4 Å². The summed E-state index contributed by atoms with van der Waals surface area (Å²) in [4.78, 5) is 15.7. The molecule has 1 N–H and O–H groups in total. The first-order valence-electron chi connectivity index (χ1n) is 18.1. The number of allylic oxidation sites excluding steroid dienone is 1. The first kappa shape index (κ1) is 34.4. The van der Waals surface area contributed by atoms with Crippen molar-refractivity contribution in [2.24, 2.45) is 68.5 Å². The molecule has 0 aromatic carbocycles. The lowest BCUT2D eigenvalue weighted by atomic mass is 9.34. The zero-order valence-electron chi connectivity index (χ0n) is 30.7. The van der Waals surface area contributed by atoms with E-state index in [1.54, 1.807) is 5.57 Å². The summed E-state index contributed by atoms with van der Waals surface area (Å²) in [7, 11) is 4.36. The van der Waals surface area contributed by atoms with Crippen LogP contribution in [0.2, 0.25) is 0 Å². The van der Waals surface area contributed by atoms with Gasteiger partial charge in [0.25, 0.3) is 0 Å². The summed E-state index contributed by atoms with van der Waals surface area (Å²) in [5, 5.41) is 11.0. The molecule has 3 saturated carbocycles. The maximum absolute atomic E-state index is 13.3. The minimum absolute atomic E-state index is 0.0218. The maximum atomic E-state index is 13.3. The number of carboxylic acids is 1. The zero-order valence-corrected chi connectivity index (χ0v) is 30.7. The van der Waals surface area contributed by atoms with E-state index in [9.17, 15) is 9.90 Å². The van der Waals surface area contributed by atoms with E-state index in [-0.39, 0.29) is 44.6 Å². The monoisotopic (exact) mass is 614 g/mol. The summed E-state index contributed by atoms with van der Waals surface area (Å²) in [6, 6.07) is 0. The molecule has 0 radical (unpaired) electrons. The first-order valence-corrected chi connectivity index (χ1v) is 18.1. The Bertz CT molecular complexity index is 1140. The number of nitrogens with zero attached hydrogens (tertiary/aromatic N) is 1. The van der Waals surface area contributed by atoms with E-state index < -0.39 is 5.97 Å². The van der Waals surface area contributed by atoms with Gasteiger partial charge >= 0.3 is 5.97 Å². The van der Waals surface area contributed by atoms with Crippen LogP contribution in [0.15, 0.2) is 11.6 Å². The molecule has 0 unspecified atom stereocenters. The predicted molar refractivity (Wildman–Crippen MR) is 179 cm³/mol. The summed E-state index contributed by atoms with van der Waals surface area (Å²) in [5.41, 5.74) is 1.10. The van der Waals surface area contributed by atoms with Crippen molar-refractivity contribution in [1.29, 1.82) is 0 Å². The Morgan fingerprint density at radius 2 is 1.73 bits per heavy atom. The van der Waals surface area contributed by atoms with Crippen LogP contribution in [0.1, 0.15) is 115 Å². The molecule has 1 saturated heterocycles. The molecule has 0 spiro atoms. The van der Waals surface area contributed by atoms with Crippen molar-refractivity contribution in [3.63, 3.8) is 0 Å². The van der Waals surface area contributed by atoms with Crippen molar-refractivity contribution in [3.8, 4) is 0 Å². The Morgan fingerprint density at radius 1 is 1.07 bits per heavy atom. The van der Waals surface area contributed by atoms with Gasteiger partial charge in [-0.15, -0.1) is 0 Å². The molecule has 4 fully saturated rings. The number of ether oxygens (including phenoxy) is 2. The largest absolute Gasteiger partial charge is 0.481 e. The fourth-order valence-corrected chi connectivity index (χ4v) is 12.4. The molecule has 4 aliphatic carbocycles. The molecule has 5 rings (SSSR count). The molecule has 5 aliphatic rings. The van der Waals surface area contributed by atoms with Gasteiger partial charge in [0.1, 0.15) is 0 Å². The van der Waals surface area contributed by atoms with Crippen LogP contribution in [0.5, 0.6) is 0 Å². The van der Waals surface area contributed by atoms with Gasteiger partial charge in [0.15, 0.2) is 0 Å². The van der Waals surface area contributed by atoms with E-state index in [1.165, 1.54) is 6.42 Å². The molecule has 44 heavy (non-hydrogen) atoms. The Labute approximate surface area is 270 Å². The lowest BCUT2D eigenvalue weighted by Crippen LogP contribution is -2.69. The topological polar surface area (TPSA) is 59.0 Å². The molecule has 0 amide bonds. The highest BCUT2D eigenvalue weighted by Crippen LogP contribution is 2.75. The molecule has 1 heterocycles. The summed E-state index contributed by atoms with van der Waals surface area (Å²) in [6.45, 7) is 28.2. The average molecular weight is 614 g/mol. The normalized spacial score (nSPS) is 47.4. The highest BCUT2D eigenvalue weighted by Gasteiger charge is 2.71. The van der Waals surface area contributed by atoms with Crippen LogP contribution in [0.3, 0.4) is 0 Å². The number of hydrogen-bond donors (Lipinski definition) is 1. The highest BCUT2D eigenvalue weighted by molar-refractivity contribution is 5.73. The maximum Gasteiger partial charge on any atom is 0.307 e. The number of hydrogen-bond acceptors (Lipinski definition) is 4. The van der Waals surface area contributed by atoms with Crippen LogP contribution >= 0.6 is 0 Å². The van der Waals surface area contributed by atoms with Crippen molar-refractivity contribution < 1.29 is 19.4 Å². The molecule has 0 aromatic heterocycles. The summed E-state index contributed by atoms with van der Waals surface area (Å²) >= 11 is 0. The third-order valence-corrected chi connectivity index (χ3v) is 16.2. The second kappa shape index (κ2) is 11.1. The molecule has 1 aliphatic heterocycles. The Balaban J connectivity index is 1.52. The molecular weight excluding hydrogens is 546 g/mol. The number of carboxylic acid groups (broad SMARTS) is 1. The number of aliphatic carboxylic acids is 1. The second-order valence-electron chi connectivity index (χ2n) is 18.7. The zero-order chi connectivity index (χ0) is 32.8. The van der Waals surface area contributed by atoms with Crippen molar-refractivity contribution in [2.75, 3.05) is 33.9 Å². The van der Waals surface area contributed by atoms with Gasteiger partial charge in [0.05, 0.1) is 31.8 Å². The SMILES string of the molecule is CC(C)[C@@H](C)[C@@]1(C)CC[C@]2(C)[C@H]3CC[C@@H]4[C@@]5(COC[C@]4(C)[C@@H](OC[C@](C)(C(C)C)N(C)C)[C@H](C)C5)C3=CC[C@@]2(C)[C@@H]1C(=O)O. The minimum Gasteiger partial charge on any atom is -0.481 e. The number of rotatable bonds is 8. The lowest BCUT2D eigenvalue weighted by Gasteiger charge is -2.71. The van der Waals surface area contributed by atoms with Gasteiger partial charge in [-0.05, 0) is 111 Å². The molecular formula is C39H67NO4. The Hall–Kier alpha value is -0.910. The Kier molecular flexibility index (Phi) is 8.67. The van der Waals surface area contributed by atoms with Crippen LogP contribution in [0, 0.1) is 68.5 Å². The van der Waals surface area contributed by atoms with Crippen LogP contribution in [-0.4, -0.2) is 61.5 Å². The van der Waals surface area contributed by atoms with Gasteiger partial charge in [-0.25, -0.2) is 0 Å². The van der Waals surface area contributed by atoms with Gasteiger partial charge in [0.2, 0.25) is 0 Å². The quantitative estimate of drug-likeness (QED) is 0.278. The smallest absolute Gasteiger partial charge is 0.307 e. The minimum atomic E-state index is -0.580. The molecule has 0 aromatic rings. The predicted octanol–water partition coefficient (Wildman–Crippen LogP) is 8.57. The second-order valence-corrected chi connectivity index (χ2v) is 18.7. The van der Waals surface area contributed by atoms with Crippen LogP contribution in [-0.2, 0) is 14.3 Å². The average Bonchev–Trinajstić information content (AvgIpc) is 2.92. The molecule has 5 heteroatoms. The van der Waals surface area contributed by atoms with E-state index in [4.69, 9.17) is 9.47 Å². The van der Waals surface area contributed by atoms with Crippen LogP contribution in [0.4, 0.5) is 0 Å². The van der Waals surface area contributed by atoms with Crippen LogP contribution < -0.4 is 0 Å². The molecule has 5 nitrogen and oxygen atoms in total. The number of fused-ring (bicyclic) bond motifs is 3. The Morgan fingerprint density at radius 3 is 2.30 bits per heavy atom. The fourth-order valence-electron chi connectivity index (χ4n) is 12.4. The van der Waals surface area contributed by atoms with Gasteiger partial charge in [-0.3, -0.25) is 4.79 Å². The summed E-state index contributed by atoms with van der Waals surface area (Å²) < 4.78 is 13.7. The van der Waals surface area contributed by atoms with E-state index in [1.807, 2.05) is 0 Å². The van der Waals surface area contributed by atoms with E-state index in [2.05, 4.69) is 101 Å². The number of carbonyl (C=O) groups is 1. The van der Waals surface area contributed by atoms with E-state index in [0.29, 0.717) is 35.5 Å². The van der Waals surface area contributed by atoms with E-state index in [0.717, 1.165) is 51.9 Å². The molecule has 2 bridgehead atoms. The van der Waals surface area contributed by atoms with Gasteiger partial charge in [-0.1, -0.05) is 80.9 Å². The van der Waals surface area contributed by atoms with Crippen molar-refractivity contribution >= 4 is 5.97 Å². The third-order valence-electron chi connectivity index (χ3n) is 16.2. The summed E-state index contributed by atoms with van der Waals surface area (Å²) in [6.07, 6.45) is 9.17. The standard InChI is InChI=1S/C39H67NO4/c1-24(2)27(6)34(7)18-19-36(9)28-14-15-30-35(8)21-43-23-39(30,29(28)16-17-37(36,10)31(34)33(41)42)20-26(5)32(35)44-22-38(11,25(3)4)40(12)13/h16,24-28,30-32H,14-15,17-23H2,1-13H3,(H,41,42)/t26-,27-,28+,30+,31-,32+,34-,35+,36-,37+,38-,39+/m1/s1. The third kappa shape index (κ3) is 4.50. The fraction of sp³-hybridized carbons (Fsp3) is 0.923. The highest BCUT2D eigenvalue weighted by atomic mass is 16.5. The summed E-state index contributed by atoms with van der Waals surface area (Å²) in [5.74, 6) is 1.78. The lowest BCUT2D eigenvalue weighted by molar-refractivity contribution is -0.255. The number of likely N-dealkylation sites (N-methyl/N-ethyl adjacent to an activating group) is 1. The first-order chi connectivity index (χ1) is 20.3. The van der Waals surface area contributed by atoms with E-state index >= 15 is 0 Å². The van der Waals surface area contributed by atoms with Crippen molar-refractivity contribution in [3.05, 3.63) is 11.6 Å². The van der Waals surface area contributed by atoms with Gasteiger partial charge in [-0.2, -0.15) is 0 Å². The van der Waals surface area contributed by atoms with Crippen molar-refractivity contribution in [2.45, 2.75) is 126 Å². The van der Waals surface area contributed by atoms with Crippen LogP contribution in [0.25, 0.3) is 0 Å². The van der Waals surface area contributed by atoms with Crippen molar-refractivity contribution in [1.82, 2.24) is 4.90 Å². The van der Waals surface area contributed by atoms with Gasteiger partial charge < -0.3 is 19.5 Å².